The monoisotopic (exact) mass is 441 g/mol. The van der Waals surface area contributed by atoms with Crippen LogP contribution in [0, 0.1) is 37.0 Å². The van der Waals surface area contributed by atoms with Crippen molar-refractivity contribution in [2.45, 2.75) is 105 Å². The van der Waals surface area contributed by atoms with Crippen molar-refractivity contribution < 1.29 is 0 Å². The number of nitrogens with zero attached hydrogens (tertiary/aromatic N) is 1. The van der Waals surface area contributed by atoms with E-state index in [-0.39, 0.29) is 10.6 Å². The summed E-state index contributed by atoms with van der Waals surface area (Å²) in [5, 5.41) is 0.229. The molecule has 0 fully saturated rings. The molecule has 2 rings (SSSR count). The average molecular weight is 442 g/mol. The van der Waals surface area contributed by atoms with Crippen LogP contribution in [-0.2, 0) is 0 Å². The van der Waals surface area contributed by atoms with Gasteiger partial charge in [0.05, 0.1) is 0 Å². The molecule has 0 N–H and O–H groups in total. The molecule has 31 heavy (non-hydrogen) atoms. The second-order valence-electron chi connectivity index (χ2n) is 11.1. The Morgan fingerprint density at radius 3 is 2.10 bits per heavy atom. The smallest absolute Gasteiger partial charge is 0.0378 e. The van der Waals surface area contributed by atoms with Crippen molar-refractivity contribution in [2.75, 3.05) is 0 Å². The first-order valence-electron chi connectivity index (χ1n) is 12.5. The lowest BCUT2D eigenvalue weighted by molar-refractivity contribution is 0.127. The van der Waals surface area contributed by atoms with Crippen LogP contribution in [0.5, 0.6) is 0 Å². The highest BCUT2D eigenvalue weighted by Gasteiger charge is 2.44. The molecule has 0 aromatic carbocycles. The largest absolute Gasteiger partial charge is 0.258 e. The highest BCUT2D eigenvalue weighted by atomic mass is 31.0. The molecule has 1 aliphatic rings. The van der Waals surface area contributed by atoms with Gasteiger partial charge < -0.3 is 0 Å². The molecular weight excluding hydrogens is 393 g/mol. The molecule has 1 nitrogen and oxygen atoms in total. The lowest BCUT2D eigenvalue weighted by Crippen LogP contribution is -2.40. The van der Waals surface area contributed by atoms with E-state index in [9.17, 15) is 0 Å². The standard InChI is InChI=1S/C29H48NP/c1-10-20(3)27(25-17-22(5)30-23(6)18-25)28(7,8)26(24-15-13-12-14-16-24)19-29(9,31)21(4)11-2/h13,15-18,20-21,26-27H,10-12,14,19,31H2,1-9H3. The van der Waals surface area contributed by atoms with Crippen LogP contribution in [0.1, 0.15) is 103 Å². The van der Waals surface area contributed by atoms with Crippen molar-refractivity contribution in [2.24, 2.45) is 23.2 Å². The van der Waals surface area contributed by atoms with Gasteiger partial charge in [0.2, 0.25) is 0 Å². The number of allylic oxidation sites excluding steroid dienone is 4. The van der Waals surface area contributed by atoms with Crippen molar-refractivity contribution in [3.63, 3.8) is 0 Å². The van der Waals surface area contributed by atoms with Gasteiger partial charge in [-0.15, -0.1) is 9.24 Å². The third-order valence-corrected chi connectivity index (χ3v) is 8.99. The molecule has 6 atom stereocenters. The molecular formula is C29H48NP. The fourth-order valence-corrected chi connectivity index (χ4v) is 6.27. The Kier molecular flexibility index (Phi) is 9.15. The van der Waals surface area contributed by atoms with Crippen molar-refractivity contribution in [3.8, 4) is 0 Å². The van der Waals surface area contributed by atoms with E-state index >= 15 is 0 Å². The molecule has 1 aliphatic carbocycles. The minimum Gasteiger partial charge on any atom is -0.258 e. The Hall–Kier alpha value is -0.940. The lowest BCUT2D eigenvalue weighted by Gasteiger charge is -2.48. The fourth-order valence-electron chi connectivity index (χ4n) is 5.80. The van der Waals surface area contributed by atoms with Gasteiger partial charge in [-0.25, -0.2) is 0 Å². The van der Waals surface area contributed by atoms with Gasteiger partial charge in [-0.05, 0) is 90.6 Å². The van der Waals surface area contributed by atoms with Gasteiger partial charge in [-0.1, -0.05) is 79.5 Å². The molecule has 0 amide bonds. The maximum atomic E-state index is 4.69. The molecule has 2 heteroatoms. The van der Waals surface area contributed by atoms with E-state index in [1.165, 1.54) is 37.7 Å². The summed E-state index contributed by atoms with van der Waals surface area (Å²) in [5.74, 6) is 2.31. The molecule has 0 spiro atoms. The number of hydrogen-bond donors (Lipinski definition) is 0. The Bertz CT molecular complexity index is 766. The fraction of sp³-hybridized carbons (Fsp3) is 0.690. The molecule has 6 unspecified atom stereocenters. The zero-order chi connectivity index (χ0) is 23.4. The summed E-state index contributed by atoms with van der Waals surface area (Å²) in [6, 6.07) is 4.70. The summed E-state index contributed by atoms with van der Waals surface area (Å²) in [7, 11) is 3.25. The Morgan fingerprint density at radius 2 is 1.61 bits per heavy atom. The highest BCUT2D eigenvalue weighted by molar-refractivity contribution is 7.18. The molecule has 174 valence electrons. The van der Waals surface area contributed by atoms with Crippen molar-refractivity contribution in [3.05, 3.63) is 52.9 Å². The van der Waals surface area contributed by atoms with Gasteiger partial charge in [-0.3, -0.25) is 4.98 Å². The van der Waals surface area contributed by atoms with Crippen LogP contribution in [-0.4, -0.2) is 10.1 Å². The maximum absolute atomic E-state index is 4.69. The summed E-state index contributed by atoms with van der Waals surface area (Å²) in [6.07, 6.45) is 13.3. The summed E-state index contributed by atoms with van der Waals surface area (Å²) in [6.45, 7) is 21.4. The highest BCUT2D eigenvalue weighted by Crippen LogP contribution is 2.54. The van der Waals surface area contributed by atoms with Crippen molar-refractivity contribution >= 4 is 9.24 Å². The van der Waals surface area contributed by atoms with Crippen LogP contribution in [0.3, 0.4) is 0 Å². The van der Waals surface area contributed by atoms with E-state index in [0.29, 0.717) is 23.7 Å². The van der Waals surface area contributed by atoms with Crippen LogP contribution in [0.15, 0.2) is 35.9 Å². The van der Waals surface area contributed by atoms with Crippen LogP contribution in [0.4, 0.5) is 0 Å². The Morgan fingerprint density at radius 1 is 1.00 bits per heavy atom. The molecule has 0 saturated carbocycles. The van der Waals surface area contributed by atoms with Crippen LogP contribution < -0.4 is 0 Å². The third-order valence-electron chi connectivity index (χ3n) is 8.18. The maximum Gasteiger partial charge on any atom is 0.0378 e. The molecule has 0 aliphatic heterocycles. The van der Waals surface area contributed by atoms with Crippen LogP contribution in [0.25, 0.3) is 0 Å². The number of aryl methyl sites for hydroxylation is 2. The quantitative estimate of drug-likeness (QED) is 0.330. The predicted molar refractivity (Wildman–Crippen MR) is 142 cm³/mol. The molecule has 1 aromatic rings. The van der Waals surface area contributed by atoms with Crippen LogP contribution in [0.2, 0.25) is 0 Å². The molecule has 0 bridgehead atoms. The minimum atomic E-state index is 0.133. The van der Waals surface area contributed by atoms with Gasteiger partial charge in [0.25, 0.3) is 0 Å². The van der Waals surface area contributed by atoms with E-state index in [1.54, 1.807) is 5.57 Å². The Labute approximate surface area is 195 Å². The zero-order valence-corrected chi connectivity index (χ0v) is 22.9. The van der Waals surface area contributed by atoms with Crippen LogP contribution >= 0.6 is 9.24 Å². The molecule has 0 saturated heterocycles. The second-order valence-corrected chi connectivity index (χ2v) is 12.4. The summed E-state index contributed by atoms with van der Waals surface area (Å²) >= 11 is 0. The van der Waals surface area contributed by atoms with Gasteiger partial charge in [0.1, 0.15) is 0 Å². The lowest BCUT2D eigenvalue weighted by atomic mass is 9.58. The molecule has 1 heterocycles. The zero-order valence-electron chi connectivity index (χ0n) is 21.8. The van der Waals surface area contributed by atoms with Gasteiger partial charge in [0, 0.05) is 11.4 Å². The number of aromatic nitrogens is 1. The SMILES string of the molecule is CCC(C)C(c1cc(C)nc(C)c1)C(C)(C)C(CC(C)(P)C(C)CC)C1=CCCC=C1. The first-order chi connectivity index (χ1) is 14.4. The molecule has 1 aromatic heterocycles. The third kappa shape index (κ3) is 6.31. The molecule has 0 radical (unpaired) electrons. The number of pyridine rings is 1. The first-order valence-corrected chi connectivity index (χ1v) is 13.1. The predicted octanol–water partition coefficient (Wildman–Crippen LogP) is 8.82. The minimum absolute atomic E-state index is 0.133. The van der Waals surface area contributed by atoms with Crippen molar-refractivity contribution in [1.29, 1.82) is 0 Å². The normalized spacial score (nSPS) is 20.5. The number of rotatable bonds is 10. The average Bonchev–Trinajstić information content (AvgIpc) is 2.71. The summed E-state index contributed by atoms with van der Waals surface area (Å²) in [5.41, 5.74) is 5.45. The van der Waals surface area contributed by atoms with Gasteiger partial charge >= 0.3 is 0 Å². The number of hydrogen-bond acceptors (Lipinski definition) is 1. The van der Waals surface area contributed by atoms with Gasteiger partial charge in [-0.2, -0.15) is 0 Å². The van der Waals surface area contributed by atoms with E-state index in [2.05, 4.69) is 107 Å². The van der Waals surface area contributed by atoms with E-state index < -0.39 is 0 Å². The van der Waals surface area contributed by atoms with E-state index in [0.717, 1.165) is 11.4 Å². The summed E-state index contributed by atoms with van der Waals surface area (Å²) < 4.78 is 0. The van der Waals surface area contributed by atoms with Gasteiger partial charge in [0.15, 0.2) is 0 Å². The first kappa shape index (κ1) is 26.3. The topological polar surface area (TPSA) is 12.9 Å². The van der Waals surface area contributed by atoms with Crippen molar-refractivity contribution in [1.82, 2.24) is 4.98 Å². The second kappa shape index (κ2) is 10.8. The summed E-state index contributed by atoms with van der Waals surface area (Å²) in [4.78, 5) is 4.69. The van der Waals surface area contributed by atoms with E-state index in [1.807, 2.05) is 0 Å². The van der Waals surface area contributed by atoms with E-state index in [4.69, 9.17) is 0 Å². The Balaban J connectivity index is 2.60.